The predicted molar refractivity (Wildman–Crippen MR) is 64.7 cm³/mol. The van der Waals surface area contributed by atoms with Crippen LogP contribution in [0.25, 0.3) is 11.3 Å². The molecule has 0 radical (unpaired) electrons. The van der Waals surface area contributed by atoms with Crippen LogP contribution in [0.5, 0.6) is 0 Å². The van der Waals surface area contributed by atoms with E-state index in [0.29, 0.717) is 26.3 Å². The molecule has 1 heterocycles. The molecule has 1 aromatic heterocycles. The van der Waals surface area contributed by atoms with E-state index in [-0.39, 0.29) is 0 Å². The number of rotatable bonds is 1. The van der Waals surface area contributed by atoms with Gasteiger partial charge in [-0.3, -0.25) is 4.98 Å². The summed E-state index contributed by atoms with van der Waals surface area (Å²) in [6, 6.07) is 5.94. The number of hydrogen-bond acceptors (Lipinski definition) is 1. The van der Waals surface area contributed by atoms with Crippen molar-refractivity contribution in [3.63, 3.8) is 0 Å². The van der Waals surface area contributed by atoms with Gasteiger partial charge >= 0.3 is 0 Å². The zero-order valence-corrected chi connectivity index (χ0v) is 10.1. The highest BCUT2D eigenvalue weighted by Gasteiger charge is 2.11. The van der Waals surface area contributed by atoms with Gasteiger partial charge < -0.3 is 0 Å². The Morgan fingerprint density at radius 2 is 1.62 bits per heavy atom. The van der Waals surface area contributed by atoms with E-state index in [1.807, 2.05) is 0 Å². The number of aromatic nitrogens is 1. The summed E-state index contributed by atoms with van der Waals surface area (Å²) >= 11 is 17.8. The number of nitrogens with zero attached hydrogens (tertiary/aromatic N) is 1. The second-order valence-electron chi connectivity index (χ2n) is 3.11. The van der Waals surface area contributed by atoms with Gasteiger partial charge in [0, 0.05) is 10.6 Å². The van der Waals surface area contributed by atoms with Gasteiger partial charge in [-0.25, -0.2) is 4.39 Å². The van der Waals surface area contributed by atoms with E-state index >= 15 is 0 Å². The van der Waals surface area contributed by atoms with E-state index in [1.54, 1.807) is 12.1 Å². The van der Waals surface area contributed by atoms with Gasteiger partial charge in [-0.15, -0.1) is 0 Å². The van der Waals surface area contributed by atoms with Crippen molar-refractivity contribution >= 4 is 34.8 Å². The number of halogens is 4. The topological polar surface area (TPSA) is 12.9 Å². The molecule has 0 aliphatic heterocycles. The molecule has 2 aromatic rings. The molecule has 1 nitrogen and oxygen atoms in total. The molecule has 0 bridgehead atoms. The molecule has 0 N–H and O–H groups in total. The van der Waals surface area contributed by atoms with Gasteiger partial charge in [0.05, 0.1) is 21.9 Å². The largest absolute Gasteiger partial charge is 0.253 e. The summed E-state index contributed by atoms with van der Waals surface area (Å²) in [5, 5.41) is 1.22. The van der Waals surface area contributed by atoms with Gasteiger partial charge in [-0.05, 0) is 24.3 Å². The molecule has 0 saturated carbocycles. The Hall–Kier alpha value is -0.830. The maximum absolute atomic E-state index is 12.7. The average Bonchev–Trinajstić information content (AvgIpc) is 2.19. The minimum atomic E-state index is -0.412. The molecular weight excluding hydrogens is 271 g/mol. The van der Waals surface area contributed by atoms with Crippen molar-refractivity contribution in [3.05, 3.63) is 51.3 Å². The van der Waals surface area contributed by atoms with E-state index in [4.69, 9.17) is 34.8 Å². The maximum atomic E-state index is 12.7. The summed E-state index contributed by atoms with van der Waals surface area (Å²) in [6.45, 7) is 0. The first kappa shape index (κ1) is 11.6. The predicted octanol–water partition coefficient (Wildman–Crippen LogP) is 4.85. The maximum Gasteiger partial charge on any atom is 0.141 e. The highest BCUT2D eigenvalue weighted by Crippen LogP contribution is 2.36. The molecule has 0 saturated heterocycles. The minimum Gasteiger partial charge on any atom is -0.253 e. The monoisotopic (exact) mass is 275 g/mol. The Bertz CT molecular complexity index is 502. The lowest BCUT2D eigenvalue weighted by Crippen LogP contribution is -1.87. The fourth-order valence-corrected chi connectivity index (χ4v) is 2.32. The summed E-state index contributed by atoms with van der Waals surface area (Å²) < 4.78 is 12.7. The van der Waals surface area contributed by atoms with Crippen LogP contribution in [0.3, 0.4) is 0 Å². The van der Waals surface area contributed by atoms with Crippen LogP contribution >= 0.6 is 34.8 Å². The molecule has 0 spiro atoms. The quantitative estimate of drug-likeness (QED) is 0.725. The lowest BCUT2D eigenvalue weighted by molar-refractivity contribution is 0.622. The third-order valence-electron chi connectivity index (χ3n) is 1.99. The molecule has 0 aliphatic carbocycles. The molecule has 0 unspecified atom stereocenters. The van der Waals surface area contributed by atoms with Crippen molar-refractivity contribution in [1.29, 1.82) is 0 Å². The zero-order chi connectivity index (χ0) is 11.7. The number of hydrogen-bond donors (Lipinski definition) is 0. The molecule has 16 heavy (non-hydrogen) atoms. The third kappa shape index (κ3) is 2.29. The zero-order valence-electron chi connectivity index (χ0n) is 7.85. The smallest absolute Gasteiger partial charge is 0.141 e. The van der Waals surface area contributed by atoms with E-state index < -0.39 is 5.82 Å². The van der Waals surface area contributed by atoms with Crippen LogP contribution in [-0.2, 0) is 0 Å². The Morgan fingerprint density at radius 3 is 2.12 bits per heavy atom. The lowest BCUT2D eigenvalue weighted by atomic mass is 10.1. The van der Waals surface area contributed by atoms with Crippen molar-refractivity contribution in [2.24, 2.45) is 0 Å². The summed E-state index contributed by atoms with van der Waals surface area (Å²) in [7, 11) is 0. The van der Waals surface area contributed by atoms with Crippen molar-refractivity contribution in [2.75, 3.05) is 0 Å². The third-order valence-corrected chi connectivity index (χ3v) is 2.80. The minimum absolute atomic E-state index is 0.386. The Balaban J connectivity index is 2.60. The van der Waals surface area contributed by atoms with Crippen molar-refractivity contribution in [3.8, 4) is 11.3 Å². The first-order chi connectivity index (χ1) is 7.58. The van der Waals surface area contributed by atoms with Crippen molar-refractivity contribution < 1.29 is 4.39 Å². The molecule has 0 amide bonds. The van der Waals surface area contributed by atoms with Crippen LogP contribution in [0.2, 0.25) is 15.1 Å². The van der Waals surface area contributed by atoms with E-state index in [2.05, 4.69) is 4.98 Å². The summed E-state index contributed by atoms with van der Waals surface area (Å²) in [5.74, 6) is -0.412. The van der Waals surface area contributed by atoms with E-state index in [0.717, 1.165) is 6.20 Å². The van der Waals surface area contributed by atoms with Gasteiger partial charge in [-0.1, -0.05) is 34.8 Å². The van der Waals surface area contributed by atoms with E-state index in [1.165, 1.54) is 12.1 Å². The summed E-state index contributed by atoms with van der Waals surface area (Å²) in [4.78, 5) is 3.91. The van der Waals surface area contributed by atoms with Crippen LogP contribution < -0.4 is 0 Å². The van der Waals surface area contributed by atoms with E-state index in [9.17, 15) is 4.39 Å². The van der Waals surface area contributed by atoms with Crippen LogP contribution in [0, 0.1) is 5.82 Å². The molecule has 0 fully saturated rings. The number of benzene rings is 1. The standard InChI is InChI=1S/C11H5Cl3FN/c12-6-3-8(13)11(9(14)4-6)10-2-1-7(15)5-16-10/h1-5H. The Morgan fingerprint density at radius 1 is 1.00 bits per heavy atom. The van der Waals surface area contributed by atoms with Crippen molar-refractivity contribution in [2.45, 2.75) is 0 Å². The second kappa shape index (κ2) is 4.58. The van der Waals surface area contributed by atoms with Crippen LogP contribution in [0.4, 0.5) is 4.39 Å². The summed E-state index contributed by atoms with van der Waals surface area (Å²) in [5.41, 5.74) is 1.06. The Labute approximate surface area is 107 Å². The molecule has 1 aromatic carbocycles. The number of pyridine rings is 1. The molecule has 2 rings (SSSR count). The second-order valence-corrected chi connectivity index (χ2v) is 4.36. The molecule has 5 heteroatoms. The molecule has 0 atom stereocenters. The van der Waals surface area contributed by atoms with Crippen molar-refractivity contribution in [1.82, 2.24) is 4.98 Å². The van der Waals surface area contributed by atoms with Crippen LogP contribution in [0.15, 0.2) is 30.5 Å². The van der Waals surface area contributed by atoms with Gasteiger partial charge in [0.2, 0.25) is 0 Å². The van der Waals surface area contributed by atoms with Gasteiger partial charge in [0.25, 0.3) is 0 Å². The van der Waals surface area contributed by atoms with Crippen LogP contribution in [0.1, 0.15) is 0 Å². The normalized spacial score (nSPS) is 10.5. The average molecular weight is 277 g/mol. The van der Waals surface area contributed by atoms with Crippen LogP contribution in [-0.4, -0.2) is 4.98 Å². The van der Waals surface area contributed by atoms with Gasteiger partial charge in [0.1, 0.15) is 5.82 Å². The molecule has 0 aliphatic rings. The first-order valence-electron chi connectivity index (χ1n) is 4.34. The molecular formula is C11H5Cl3FN. The highest BCUT2D eigenvalue weighted by molar-refractivity contribution is 6.41. The summed E-state index contributed by atoms with van der Waals surface area (Å²) in [6.07, 6.45) is 1.11. The van der Waals surface area contributed by atoms with Gasteiger partial charge in [-0.2, -0.15) is 0 Å². The SMILES string of the molecule is Fc1ccc(-c2c(Cl)cc(Cl)cc2Cl)nc1. The van der Waals surface area contributed by atoms with Gasteiger partial charge in [0.15, 0.2) is 0 Å². The molecule has 82 valence electrons. The highest BCUT2D eigenvalue weighted by atomic mass is 35.5. The Kier molecular flexibility index (Phi) is 3.33. The fraction of sp³-hybridized carbons (Fsp3) is 0. The first-order valence-corrected chi connectivity index (χ1v) is 5.48. The fourth-order valence-electron chi connectivity index (χ4n) is 1.31. The lowest BCUT2D eigenvalue weighted by Gasteiger charge is -2.06.